The summed E-state index contributed by atoms with van der Waals surface area (Å²) < 4.78 is 0. The summed E-state index contributed by atoms with van der Waals surface area (Å²) in [4.78, 5) is 13.6. The lowest BCUT2D eigenvalue weighted by molar-refractivity contribution is 0.166. The highest BCUT2D eigenvalue weighted by atomic mass is 28.3. The number of nitrogens with one attached hydrogen (secondary N) is 1. The van der Waals surface area contributed by atoms with E-state index in [0.29, 0.717) is 13.0 Å². The van der Waals surface area contributed by atoms with Crippen LogP contribution < -0.4 is 5.32 Å². The summed E-state index contributed by atoms with van der Waals surface area (Å²) in [6, 6.07) is 9.60. The highest BCUT2D eigenvalue weighted by Crippen LogP contribution is 2.02. The third-order valence-corrected chi connectivity index (χ3v) is 3.83. The number of hydrogen-bond acceptors (Lipinski definition) is 2. The SMILES string of the molecule is CN(Cc1ccccc1)C(=O)NC[C@H](O)CC#C[Si](C)(C)C. The van der Waals surface area contributed by atoms with E-state index in [9.17, 15) is 9.90 Å². The number of amides is 2. The normalized spacial score (nSPS) is 12.0. The molecule has 1 aromatic rings. The maximum absolute atomic E-state index is 12.0. The van der Waals surface area contributed by atoms with Crippen molar-refractivity contribution in [3.05, 3.63) is 35.9 Å². The maximum atomic E-state index is 12.0. The second kappa shape index (κ2) is 8.62. The monoisotopic (exact) mass is 318 g/mol. The zero-order valence-corrected chi connectivity index (χ0v) is 14.9. The fraction of sp³-hybridized carbons (Fsp3) is 0.471. The van der Waals surface area contributed by atoms with E-state index in [2.05, 4.69) is 36.4 Å². The van der Waals surface area contributed by atoms with Gasteiger partial charge < -0.3 is 15.3 Å². The molecule has 0 bridgehead atoms. The number of hydrogen-bond donors (Lipinski definition) is 2. The molecule has 0 heterocycles. The van der Waals surface area contributed by atoms with Gasteiger partial charge in [0.05, 0.1) is 6.10 Å². The highest BCUT2D eigenvalue weighted by molar-refractivity contribution is 6.83. The lowest BCUT2D eigenvalue weighted by atomic mass is 10.2. The Bertz CT molecular complexity index is 529. The average Bonchev–Trinajstić information content (AvgIpc) is 2.44. The summed E-state index contributed by atoms with van der Waals surface area (Å²) in [6.45, 7) is 7.24. The number of aliphatic hydroxyl groups is 1. The molecule has 0 spiro atoms. The molecule has 2 N–H and O–H groups in total. The summed E-state index contributed by atoms with van der Waals surface area (Å²) in [5.74, 6) is 3.01. The van der Waals surface area contributed by atoms with Crippen molar-refractivity contribution in [1.82, 2.24) is 10.2 Å². The van der Waals surface area contributed by atoms with Crippen molar-refractivity contribution in [2.75, 3.05) is 13.6 Å². The van der Waals surface area contributed by atoms with Crippen LogP contribution in [0.4, 0.5) is 4.79 Å². The van der Waals surface area contributed by atoms with Gasteiger partial charge in [-0.05, 0) is 5.56 Å². The third-order valence-electron chi connectivity index (χ3n) is 2.90. The zero-order chi connectivity index (χ0) is 16.6. The second-order valence-corrected chi connectivity index (χ2v) is 11.2. The minimum absolute atomic E-state index is 0.193. The molecule has 5 heteroatoms. The number of aliphatic hydroxyl groups excluding tert-OH is 1. The van der Waals surface area contributed by atoms with Gasteiger partial charge in [-0.1, -0.05) is 50.0 Å². The smallest absolute Gasteiger partial charge is 0.317 e. The second-order valence-electron chi connectivity index (χ2n) is 6.44. The van der Waals surface area contributed by atoms with E-state index >= 15 is 0 Å². The van der Waals surface area contributed by atoms with Crippen molar-refractivity contribution in [2.24, 2.45) is 0 Å². The van der Waals surface area contributed by atoms with E-state index < -0.39 is 14.2 Å². The highest BCUT2D eigenvalue weighted by Gasteiger charge is 2.11. The van der Waals surface area contributed by atoms with Crippen LogP contribution in [0.5, 0.6) is 0 Å². The molecule has 0 aliphatic rings. The number of benzene rings is 1. The molecule has 0 aliphatic heterocycles. The zero-order valence-electron chi connectivity index (χ0n) is 13.9. The molecule has 0 unspecified atom stereocenters. The fourth-order valence-corrected chi connectivity index (χ4v) is 2.41. The molecule has 1 aromatic carbocycles. The number of carbonyl (C=O) groups is 1. The van der Waals surface area contributed by atoms with Crippen LogP contribution >= 0.6 is 0 Å². The maximum Gasteiger partial charge on any atom is 0.317 e. The number of rotatable bonds is 5. The van der Waals surface area contributed by atoms with Crippen LogP contribution in [0.2, 0.25) is 19.6 Å². The van der Waals surface area contributed by atoms with Gasteiger partial charge in [0.25, 0.3) is 0 Å². The topological polar surface area (TPSA) is 52.6 Å². The average molecular weight is 318 g/mol. The number of nitrogens with zero attached hydrogens (tertiary/aromatic N) is 1. The predicted octanol–water partition coefficient (Wildman–Crippen LogP) is 2.46. The Labute approximate surface area is 134 Å². The predicted molar refractivity (Wildman–Crippen MR) is 93.1 cm³/mol. The summed E-state index contributed by atoms with van der Waals surface area (Å²) in [6.07, 6.45) is -0.231. The summed E-state index contributed by atoms with van der Waals surface area (Å²) in [7, 11) is 0.338. The van der Waals surface area contributed by atoms with E-state index in [1.165, 1.54) is 0 Å². The quantitative estimate of drug-likeness (QED) is 0.647. The van der Waals surface area contributed by atoms with Gasteiger partial charge in [-0.15, -0.1) is 11.5 Å². The van der Waals surface area contributed by atoms with Gasteiger partial charge in [0, 0.05) is 26.6 Å². The molecule has 120 valence electrons. The standard InChI is InChI=1S/C17H26N2O2Si/c1-19(14-15-9-6-5-7-10-15)17(21)18-13-16(20)11-8-12-22(2,3)4/h5-7,9-10,16,20H,11,13-14H2,1-4H3,(H,18,21)/t16-/m1/s1. The fourth-order valence-electron chi connectivity index (χ4n) is 1.78. The van der Waals surface area contributed by atoms with Crippen LogP contribution in [0.1, 0.15) is 12.0 Å². The molecular weight excluding hydrogens is 292 g/mol. The molecule has 0 saturated carbocycles. The van der Waals surface area contributed by atoms with Crippen LogP contribution in [0.15, 0.2) is 30.3 Å². The lowest BCUT2D eigenvalue weighted by Gasteiger charge is -2.19. The Morgan fingerprint density at radius 3 is 2.55 bits per heavy atom. The van der Waals surface area contributed by atoms with E-state index in [0.717, 1.165) is 5.56 Å². The van der Waals surface area contributed by atoms with Crippen molar-refractivity contribution in [2.45, 2.75) is 38.7 Å². The lowest BCUT2D eigenvalue weighted by Crippen LogP contribution is -2.40. The summed E-state index contributed by atoms with van der Waals surface area (Å²) in [5.41, 5.74) is 4.27. The minimum atomic E-state index is -1.40. The van der Waals surface area contributed by atoms with Crippen molar-refractivity contribution in [1.29, 1.82) is 0 Å². The van der Waals surface area contributed by atoms with E-state index in [1.54, 1.807) is 11.9 Å². The molecule has 1 atom stereocenters. The van der Waals surface area contributed by atoms with E-state index in [1.807, 2.05) is 30.3 Å². The Morgan fingerprint density at radius 2 is 1.95 bits per heavy atom. The minimum Gasteiger partial charge on any atom is -0.390 e. The first kappa shape index (κ1) is 18.3. The Balaban J connectivity index is 2.34. The molecule has 0 aromatic heterocycles. The first-order valence-electron chi connectivity index (χ1n) is 7.49. The number of carbonyl (C=O) groups excluding carboxylic acids is 1. The molecular formula is C17H26N2O2Si. The first-order valence-corrected chi connectivity index (χ1v) is 11.0. The van der Waals surface area contributed by atoms with Gasteiger partial charge in [0.15, 0.2) is 0 Å². The van der Waals surface area contributed by atoms with Crippen molar-refractivity contribution in [3.8, 4) is 11.5 Å². The van der Waals surface area contributed by atoms with Crippen molar-refractivity contribution < 1.29 is 9.90 Å². The largest absolute Gasteiger partial charge is 0.390 e. The van der Waals surface area contributed by atoms with Crippen LogP contribution in [0.3, 0.4) is 0 Å². The Kier molecular flexibility index (Phi) is 7.16. The van der Waals surface area contributed by atoms with Gasteiger partial charge in [0.1, 0.15) is 8.07 Å². The van der Waals surface area contributed by atoms with Crippen LogP contribution in [0.25, 0.3) is 0 Å². The molecule has 0 fully saturated rings. The Hall–Kier alpha value is -1.77. The molecule has 0 aliphatic carbocycles. The van der Waals surface area contributed by atoms with Gasteiger partial charge >= 0.3 is 6.03 Å². The molecule has 0 radical (unpaired) electrons. The summed E-state index contributed by atoms with van der Waals surface area (Å²) in [5, 5.41) is 12.6. The summed E-state index contributed by atoms with van der Waals surface area (Å²) >= 11 is 0. The Morgan fingerprint density at radius 1 is 1.32 bits per heavy atom. The first-order chi connectivity index (χ1) is 10.3. The van der Waals surface area contributed by atoms with E-state index in [4.69, 9.17) is 0 Å². The number of urea groups is 1. The van der Waals surface area contributed by atoms with Crippen LogP contribution in [-0.2, 0) is 6.54 Å². The molecule has 1 rings (SSSR count). The van der Waals surface area contributed by atoms with Gasteiger partial charge in [-0.3, -0.25) is 0 Å². The van der Waals surface area contributed by atoms with Crippen LogP contribution in [-0.4, -0.2) is 43.8 Å². The van der Waals surface area contributed by atoms with Crippen LogP contribution in [0, 0.1) is 11.5 Å². The van der Waals surface area contributed by atoms with E-state index in [-0.39, 0.29) is 12.6 Å². The van der Waals surface area contributed by atoms with Gasteiger partial charge in [-0.2, -0.15) is 0 Å². The van der Waals surface area contributed by atoms with Crippen molar-refractivity contribution in [3.63, 3.8) is 0 Å². The van der Waals surface area contributed by atoms with Gasteiger partial charge in [0.2, 0.25) is 0 Å². The molecule has 2 amide bonds. The van der Waals surface area contributed by atoms with Gasteiger partial charge in [-0.25, -0.2) is 4.79 Å². The molecule has 4 nitrogen and oxygen atoms in total. The van der Waals surface area contributed by atoms with Crippen molar-refractivity contribution >= 4 is 14.1 Å². The molecule has 22 heavy (non-hydrogen) atoms. The molecule has 0 saturated heterocycles. The third kappa shape index (κ3) is 7.86.